The van der Waals surface area contributed by atoms with Gasteiger partial charge in [-0.2, -0.15) is 0 Å². The summed E-state index contributed by atoms with van der Waals surface area (Å²) in [7, 11) is 0. The zero-order chi connectivity index (χ0) is 21.8. The highest BCUT2D eigenvalue weighted by Crippen LogP contribution is 2.31. The zero-order valence-corrected chi connectivity index (χ0v) is 19.6. The van der Waals surface area contributed by atoms with Crippen LogP contribution < -0.4 is 5.32 Å². The van der Waals surface area contributed by atoms with Gasteiger partial charge in [0, 0.05) is 33.4 Å². The van der Waals surface area contributed by atoms with Crippen LogP contribution >= 0.6 is 23.1 Å². The molecule has 0 aliphatic carbocycles. The average Bonchev–Trinajstić information content (AvgIpc) is 3.40. The fraction of sp³-hybridized carbons (Fsp3) is 0.292. The molecular weight excluding hydrogens is 424 g/mol. The lowest BCUT2D eigenvalue weighted by Gasteiger charge is -2.10. The number of carbonyl (C=O) groups excluding carboxylic acids is 1. The molecule has 1 N–H and O–H groups in total. The molecule has 7 heteroatoms. The fourth-order valence-corrected chi connectivity index (χ4v) is 5.13. The van der Waals surface area contributed by atoms with E-state index in [9.17, 15) is 4.79 Å². The van der Waals surface area contributed by atoms with Crippen molar-refractivity contribution in [1.29, 1.82) is 0 Å². The first-order valence-electron chi connectivity index (χ1n) is 10.5. The minimum Gasteiger partial charge on any atom is -0.325 e. The van der Waals surface area contributed by atoms with Crippen LogP contribution in [-0.2, 0) is 11.3 Å². The molecule has 2 aromatic carbocycles. The number of hydrogen-bond acceptors (Lipinski definition) is 5. The van der Waals surface area contributed by atoms with Crippen LogP contribution in [0.4, 0.5) is 5.69 Å². The van der Waals surface area contributed by atoms with E-state index >= 15 is 0 Å². The normalized spacial score (nSPS) is 11.4. The Morgan fingerprint density at radius 3 is 2.74 bits per heavy atom. The van der Waals surface area contributed by atoms with E-state index in [1.807, 2.05) is 42.5 Å². The van der Waals surface area contributed by atoms with Crippen LogP contribution in [0.5, 0.6) is 0 Å². The maximum absolute atomic E-state index is 12.7. The zero-order valence-electron chi connectivity index (χ0n) is 18.0. The molecule has 0 saturated heterocycles. The molecule has 160 valence electrons. The second-order valence-electron chi connectivity index (χ2n) is 7.71. The molecule has 0 aliphatic heterocycles. The Morgan fingerprint density at radius 2 is 1.97 bits per heavy atom. The molecule has 0 radical (unpaired) electrons. The number of amides is 1. The number of rotatable bonds is 8. The number of nitrogens with zero attached hydrogens (tertiary/aromatic N) is 3. The summed E-state index contributed by atoms with van der Waals surface area (Å²) in [5.74, 6) is 1.60. The van der Waals surface area contributed by atoms with Gasteiger partial charge in [-0.25, -0.2) is 0 Å². The Balaban J connectivity index is 1.48. The monoisotopic (exact) mass is 450 g/mol. The van der Waals surface area contributed by atoms with Crippen molar-refractivity contribution >= 4 is 45.5 Å². The van der Waals surface area contributed by atoms with E-state index < -0.39 is 0 Å². The van der Waals surface area contributed by atoms with Gasteiger partial charge in [0.25, 0.3) is 0 Å². The fourth-order valence-electron chi connectivity index (χ4n) is 3.46. The smallest absolute Gasteiger partial charge is 0.234 e. The summed E-state index contributed by atoms with van der Waals surface area (Å²) in [5.41, 5.74) is 1.93. The molecule has 0 saturated carbocycles. The molecular formula is C24H26N4OS2. The third-order valence-corrected chi connectivity index (χ3v) is 7.21. The molecule has 0 atom stereocenters. The van der Waals surface area contributed by atoms with Crippen molar-refractivity contribution in [3.8, 4) is 11.4 Å². The summed E-state index contributed by atoms with van der Waals surface area (Å²) in [6, 6.07) is 16.2. The highest BCUT2D eigenvalue weighted by molar-refractivity contribution is 7.99. The van der Waals surface area contributed by atoms with Crippen molar-refractivity contribution in [2.75, 3.05) is 11.1 Å². The van der Waals surface area contributed by atoms with E-state index in [0.717, 1.165) is 46.0 Å². The first-order chi connectivity index (χ1) is 15.1. The number of fused-ring (bicyclic) bond motifs is 1. The van der Waals surface area contributed by atoms with Gasteiger partial charge in [-0.05, 0) is 29.9 Å². The topological polar surface area (TPSA) is 59.8 Å². The third-order valence-electron chi connectivity index (χ3n) is 5.01. The van der Waals surface area contributed by atoms with Crippen molar-refractivity contribution in [3.63, 3.8) is 0 Å². The summed E-state index contributed by atoms with van der Waals surface area (Å²) < 4.78 is 2.13. The van der Waals surface area contributed by atoms with E-state index in [1.165, 1.54) is 16.6 Å². The van der Waals surface area contributed by atoms with Gasteiger partial charge in [0.15, 0.2) is 11.0 Å². The molecule has 1 amide bonds. The third kappa shape index (κ3) is 4.83. The van der Waals surface area contributed by atoms with Crippen LogP contribution in [0.3, 0.4) is 0 Å². The molecule has 2 heterocycles. The molecule has 4 rings (SSSR count). The molecule has 2 aromatic heterocycles. The minimum absolute atomic E-state index is 0.0495. The van der Waals surface area contributed by atoms with Gasteiger partial charge in [0.05, 0.1) is 5.75 Å². The first kappa shape index (κ1) is 21.6. The molecule has 4 aromatic rings. The van der Waals surface area contributed by atoms with Gasteiger partial charge in [-0.1, -0.05) is 68.9 Å². The van der Waals surface area contributed by atoms with Gasteiger partial charge >= 0.3 is 0 Å². The number of thioether (sulfide) groups is 1. The molecule has 0 bridgehead atoms. The molecule has 0 spiro atoms. The molecule has 0 aliphatic rings. The second kappa shape index (κ2) is 9.66. The second-order valence-corrected chi connectivity index (χ2v) is 9.60. The van der Waals surface area contributed by atoms with Crippen LogP contribution in [0, 0.1) is 0 Å². The predicted molar refractivity (Wildman–Crippen MR) is 131 cm³/mol. The number of aromatic nitrogens is 3. The Labute approximate surface area is 190 Å². The van der Waals surface area contributed by atoms with E-state index in [0.29, 0.717) is 5.92 Å². The Kier molecular flexibility index (Phi) is 6.73. The van der Waals surface area contributed by atoms with Gasteiger partial charge in [-0.15, -0.1) is 21.5 Å². The van der Waals surface area contributed by atoms with Crippen LogP contribution in [0.15, 0.2) is 59.1 Å². The van der Waals surface area contributed by atoms with Crippen molar-refractivity contribution in [2.45, 2.75) is 44.8 Å². The van der Waals surface area contributed by atoms with E-state index in [2.05, 4.69) is 52.3 Å². The quantitative estimate of drug-likeness (QED) is 0.315. The standard InChI is InChI=1S/C24H26N4OS2/c1-4-12-28-23(18-13-21(16(2)3)30-14-18)26-27-24(28)31-15-22(29)25-20-11-7-9-17-8-5-6-10-19(17)20/h5-11,13-14,16H,4,12,15H2,1-3H3,(H,25,29). The average molecular weight is 451 g/mol. The van der Waals surface area contributed by atoms with Crippen molar-refractivity contribution in [1.82, 2.24) is 14.8 Å². The van der Waals surface area contributed by atoms with Crippen LogP contribution in [-0.4, -0.2) is 26.4 Å². The molecule has 31 heavy (non-hydrogen) atoms. The number of thiophene rings is 1. The summed E-state index contributed by atoms with van der Waals surface area (Å²) >= 11 is 3.19. The Hall–Kier alpha value is -2.64. The number of nitrogens with one attached hydrogen (secondary N) is 1. The van der Waals surface area contributed by atoms with Crippen molar-refractivity contribution in [3.05, 3.63) is 58.8 Å². The van der Waals surface area contributed by atoms with Crippen molar-refractivity contribution < 1.29 is 4.79 Å². The number of hydrogen-bond donors (Lipinski definition) is 1. The Morgan fingerprint density at radius 1 is 1.16 bits per heavy atom. The summed E-state index contributed by atoms with van der Waals surface area (Å²) in [6.07, 6.45) is 0.974. The molecule has 0 unspecified atom stereocenters. The largest absolute Gasteiger partial charge is 0.325 e. The van der Waals surface area contributed by atoms with Gasteiger partial charge < -0.3 is 9.88 Å². The van der Waals surface area contributed by atoms with E-state index in [4.69, 9.17) is 0 Å². The predicted octanol–water partition coefficient (Wildman–Crippen LogP) is 6.42. The van der Waals surface area contributed by atoms with Gasteiger partial charge in [-0.3, -0.25) is 4.79 Å². The van der Waals surface area contributed by atoms with Crippen LogP contribution in [0.1, 0.15) is 38.0 Å². The van der Waals surface area contributed by atoms with Crippen LogP contribution in [0.2, 0.25) is 0 Å². The summed E-state index contributed by atoms with van der Waals surface area (Å²) in [5, 5.41) is 17.0. The Bertz CT molecular complexity index is 1190. The number of carbonyl (C=O) groups is 1. The summed E-state index contributed by atoms with van der Waals surface area (Å²) in [6.45, 7) is 7.35. The maximum Gasteiger partial charge on any atom is 0.234 e. The summed E-state index contributed by atoms with van der Waals surface area (Å²) in [4.78, 5) is 14.0. The lowest BCUT2D eigenvalue weighted by atomic mass is 10.1. The van der Waals surface area contributed by atoms with Crippen LogP contribution in [0.25, 0.3) is 22.2 Å². The van der Waals surface area contributed by atoms with E-state index in [-0.39, 0.29) is 11.7 Å². The van der Waals surface area contributed by atoms with Gasteiger partial charge in [0.2, 0.25) is 5.91 Å². The lowest BCUT2D eigenvalue weighted by Crippen LogP contribution is -2.15. The van der Waals surface area contributed by atoms with Crippen molar-refractivity contribution in [2.24, 2.45) is 0 Å². The highest BCUT2D eigenvalue weighted by atomic mass is 32.2. The molecule has 0 fully saturated rings. The number of benzene rings is 2. The lowest BCUT2D eigenvalue weighted by molar-refractivity contribution is -0.113. The molecule has 5 nitrogen and oxygen atoms in total. The highest BCUT2D eigenvalue weighted by Gasteiger charge is 2.17. The minimum atomic E-state index is -0.0495. The van der Waals surface area contributed by atoms with E-state index in [1.54, 1.807) is 11.3 Å². The van der Waals surface area contributed by atoms with Gasteiger partial charge in [0.1, 0.15) is 0 Å². The first-order valence-corrected chi connectivity index (χ1v) is 12.4. The number of anilines is 1. The maximum atomic E-state index is 12.7. The SMILES string of the molecule is CCCn1c(SCC(=O)Nc2cccc3ccccc23)nnc1-c1csc(C(C)C)c1.